The zero-order valence-electron chi connectivity index (χ0n) is 18.4. The van der Waals surface area contributed by atoms with Crippen LogP contribution in [0.1, 0.15) is 76.7 Å². The average molecular weight is 604 g/mol. The van der Waals surface area contributed by atoms with E-state index in [0.717, 1.165) is 29.4 Å². The Balaban J connectivity index is 1.88. The summed E-state index contributed by atoms with van der Waals surface area (Å²) in [5.74, 6) is 0.133. The third-order valence-electron chi connectivity index (χ3n) is 5.06. The van der Waals surface area contributed by atoms with Crippen LogP contribution in [0.25, 0.3) is 0 Å². The molecule has 0 spiro atoms. The molecule has 0 fully saturated rings. The van der Waals surface area contributed by atoms with Gasteiger partial charge in [-0.3, -0.25) is 4.79 Å². The number of anilines is 1. The van der Waals surface area contributed by atoms with Gasteiger partial charge in [-0.15, -0.1) is 0 Å². The van der Waals surface area contributed by atoms with Crippen molar-refractivity contribution in [1.29, 1.82) is 0 Å². The molecule has 0 aliphatic carbocycles. The third-order valence-corrected chi connectivity index (χ3v) is 6.71. The molecule has 0 bridgehead atoms. The summed E-state index contributed by atoms with van der Waals surface area (Å²) in [6.45, 7) is 2.23. The highest BCUT2D eigenvalue weighted by atomic mass is 79.9. The summed E-state index contributed by atoms with van der Waals surface area (Å²) in [5, 5.41) is 3.68. The summed E-state index contributed by atoms with van der Waals surface area (Å²) in [6, 6.07) is 11.1. The largest absolute Gasteiger partial charge is 0.425 e. The summed E-state index contributed by atoms with van der Waals surface area (Å²) in [6.07, 6.45) is 11.2. The highest BCUT2D eigenvalue weighted by Crippen LogP contribution is 2.34. The van der Waals surface area contributed by atoms with E-state index in [0.29, 0.717) is 32.2 Å². The van der Waals surface area contributed by atoms with Gasteiger partial charge in [0.25, 0.3) is 0 Å². The van der Waals surface area contributed by atoms with Gasteiger partial charge in [-0.05, 0) is 58.7 Å². The van der Waals surface area contributed by atoms with E-state index >= 15 is 0 Å². The number of halogens is 3. The van der Waals surface area contributed by atoms with Crippen molar-refractivity contribution in [2.75, 3.05) is 5.32 Å². The van der Waals surface area contributed by atoms with Gasteiger partial charge in [-0.25, -0.2) is 0 Å². The van der Waals surface area contributed by atoms with Gasteiger partial charge in [0.05, 0.1) is 10.0 Å². The fourth-order valence-corrected chi connectivity index (χ4v) is 4.73. The van der Waals surface area contributed by atoms with Crippen molar-refractivity contribution in [3.05, 3.63) is 55.9 Å². The van der Waals surface area contributed by atoms with Crippen LogP contribution in [0.3, 0.4) is 0 Å². The third kappa shape index (κ3) is 9.90. The molecule has 0 heterocycles. The molecule has 0 radical (unpaired) electrons. The van der Waals surface area contributed by atoms with E-state index in [1.165, 1.54) is 38.5 Å². The molecule has 2 aromatic rings. The first-order chi connectivity index (χ1) is 15.4. The van der Waals surface area contributed by atoms with Crippen LogP contribution in [0.5, 0.6) is 5.75 Å². The molecular formula is C25H30Br2ClNO2S. The number of carbonyl (C=O) groups excluding carboxylic acids is 1. The highest BCUT2D eigenvalue weighted by molar-refractivity contribution is 9.10. The summed E-state index contributed by atoms with van der Waals surface area (Å²) in [5.41, 5.74) is 1.41. The van der Waals surface area contributed by atoms with E-state index in [1.807, 2.05) is 24.3 Å². The lowest BCUT2D eigenvalue weighted by Crippen LogP contribution is -2.15. The molecular weight excluding hydrogens is 574 g/mol. The molecule has 174 valence electrons. The summed E-state index contributed by atoms with van der Waals surface area (Å²) in [7, 11) is 0. The Morgan fingerprint density at radius 2 is 1.56 bits per heavy atom. The summed E-state index contributed by atoms with van der Waals surface area (Å²) in [4.78, 5) is 12.9. The standard InChI is InChI=1S/C25H30Br2ClNO2S/c1-2-3-4-5-6-7-8-9-10-11-23(30)31-24-21(16-19(28)17-22(24)27)25(32)29-20-14-12-18(26)13-15-20/h12-17H,2-11H2,1H3,(H,29,32). The van der Waals surface area contributed by atoms with E-state index < -0.39 is 0 Å². The molecule has 32 heavy (non-hydrogen) atoms. The predicted octanol–water partition coefficient (Wildman–Crippen LogP) is 9.48. The van der Waals surface area contributed by atoms with Crippen LogP contribution in [-0.4, -0.2) is 11.0 Å². The normalized spacial score (nSPS) is 10.8. The van der Waals surface area contributed by atoms with Gasteiger partial charge in [-0.2, -0.15) is 0 Å². The van der Waals surface area contributed by atoms with Gasteiger partial charge in [0.1, 0.15) is 4.99 Å². The van der Waals surface area contributed by atoms with Crippen molar-refractivity contribution >= 4 is 72.3 Å². The van der Waals surface area contributed by atoms with Crippen molar-refractivity contribution in [1.82, 2.24) is 0 Å². The van der Waals surface area contributed by atoms with Gasteiger partial charge < -0.3 is 10.1 Å². The molecule has 0 aliphatic heterocycles. The van der Waals surface area contributed by atoms with Crippen LogP contribution >= 0.6 is 55.7 Å². The number of thiocarbonyl (C=S) groups is 1. The van der Waals surface area contributed by atoms with E-state index in [4.69, 9.17) is 28.6 Å². The first-order valence-corrected chi connectivity index (χ1v) is 13.5. The van der Waals surface area contributed by atoms with Crippen LogP contribution < -0.4 is 10.1 Å². The maximum Gasteiger partial charge on any atom is 0.311 e. The SMILES string of the molecule is CCCCCCCCCCCC(=O)Oc1c(Br)cc(Cl)cc1C(=S)Nc1ccc(Br)cc1. The van der Waals surface area contributed by atoms with Crippen molar-refractivity contribution in [2.24, 2.45) is 0 Å². The van der Waals surface area contributed by atoms with Gasteiger partial charge in [0, 0.05) is 21.6 Å². The fourth-order valence-electron chi connectivity index (χ4n) is 3.31. The molecule has 0 atom stereocenters. The zero-order chi connectivity index (χ0) is 23.3. The number of benzene rings is 2. The Kier molecular flexibility index (Phi) is 12.8. The second kappa shape index (κ2) is 15.0. The topological polar surface area (TPSA) is 38.3 Å². The van der Waals surface area contributed by atoms with Crippen LogP contribution in [-0.2, 0) is 4.79 Å². The monoisotopic (exact) mass is 601 g/mol. The lowest BCUT2D eigenvalue weighted by molar-refractivity contribution is -0.134. The molecule has 3 nitrogen and oxygen atoms in total. The number of ether oxygens (including phenoxy) is 1. The van der Waals surface area contributed by atoms with Gasteiger partial charge in [-0.1, -0.05) is 98.0 Å². The molecule has 0 unspecified atom stereocenters. The Morgan fingerprint density at radius 3 is 2.19 bits per heavy atom. The van der Waals surface area contributed by atoms with Crippen LogP contribution in [0, 0.1) is 0 Å². The number of esters is 1. The Morgan fingerprint density at radius 1 is 0.969 bits per heavy atom. The second-order valence-electron chi connectivity index (χ2n) is 7.78. The minimum absolute atomic E-state index is 0.261. The van der Waals surface area contributed by atoms with Gasteiger partial charge in [0.15, 0.2) is 5.75 Å². The number of hydrogen-bond donors (Lipinski definition) is 1. The lowest BCUT2D eigenvalue weighted by atomic mass is 10.1. The van der Waals surface area contributed by atoms with Crippen molar-refractivity contribution in [3.8, 4) is 5.75 Å². The van der Waals surface area contributed by atoms with Crippen molar-refractivity contribution < 1.29 is 9.53 Å². The van der Waals surface area contributed by atoms with E-state index in [2.05, 4.69) is 44.1 Å². The smallest absolute Gasteiger partial charge is 0.311 e. The molecule has 1 N–H and O–H groups in total. The molecule has 2 rings (SSSR count). The second-order valence-corrected chi connectivity index (χ2v) is 10.4. The van der Waals surface area contributed by atoms with E-state index in [9.17, 15) is 4.79 Å². The van der Waals surface area contributed by atoms with Crippen molar-refractivity contribution in [2.45, 2.75) is 71.1 Å². The number of rotatable bonds is 13. The molecule has 0 aromatic heterocycles. The van der Waals surface area contributed by atoms with Gasteiger partial charge in [0.2, 0.25) is 0 Å². The van der Waals surface area contributed by atoms with Gasteiger partial charge >= 0.3 is 5.97 Å². The first kappa shape index (κ1) is 27.3. The number of carbonyl (C=O) groups is 1. The number of nitrogens with one attached hydrogen (secondary N) is 1. The zero-order valence-corrected chi connectivity index (χ0v) is 23.1. The number of hydrogen-bond acceptors (Lipinski definition) is 3. The van der Waals surface area contributed by atoms with Crippen LogP contribution in [0.2, 0.25) is 5.02 Å². The lowest BCUT2D eigenvalue weighted by Gasteiger charge is -2.15. The Labute approximate surface area is 218 Å². The summed E-state index contributed by atoms with van der Waals surface area (Å²) < 4.78 is 7.28. The number of unbranched alkanes of at least 4 members (excludes halogenated alkanes) is 8. The maximum absolute atomic E-state index is 12.5. The Bertz CT molecular complexity index is 890. The average Bonchev–Trinajstić information content (AvgIpc) is 2.75. The first-order valence-electron chi connectivity index (χ1n) is 11.2. The van der Waals surface area contributed by atoms with Crippen molar-refractivity contribution in [3.63, 3.8) is 0 Å². The quantitative estimate of drug-likeness (QED) is 0.107. The Hall–Kier alpha value is -0.950. The molecule has 0 saturated heterocycles. The van der Waals surface area contributed by atoms with Crippen LogP contribution in [0.4, 0.5) is 5.69 Å². The molecule has 0 saturated carbocycles. The fraction of sp³-hybridized carbons (Fsp3) is 0.440. The summed E-state index contributed by atoms with van der Waals surface area (Å²) >= 11 is 18.7. The predicted molar refractivity (Wildman–Crippen MR) is 146 cm³/mol. The molecule has 2 aromatic carbocycles. The molecule has 0 amide bonds. The molecule has 0 aliphatic rings. The highest BCUT2D eigenvalue weighted by Gasteiger charge is 2.18. The molecule has 7 heteroatoms. The minimum atomic E-state index is -0.261. The van der Waals surface area contributed by atoms with E-state index in [1.54, 1.807) is 12.1 Å². The minimum Gasteiger partial charge on any atom is -0.425 e. The maximum atomic E-state index is 12.5. The van der Waals surface area contributed by atoms with Crippen LogP contribution in [0.15, 0.2) is 45.3 Å². The van der Waals surface area contributed by atoms with E-state index in [-0.39, 0.29) is 5.97 Å².